The Bertz CT molecular complexity index is 1070. The van der Waals surface area contributed by atoms with Crippen molar-refractivity contribution in [1.82, 2.24) is 4.98 Å². The summed E-state index contributed by atoms with van der Waals surface area (Å²) in [5.41, 5.74) is -1.02. The fraction of sp³-hybridized carbons (Fsp3) is 0.100. The van der Waals surface area contributed by atoms with Gasteiger partial charge in [-0.1, -0.05) is 35.6 Å². The summed E-state index contributed by atoms with van der Waals surface area (Å²) in [5, 5.41) is 2.30. The Morgan fingerprint density at radius 3 is 2.38 bits per heavy atom. The molecule has 29 heavy (non-hydrogen) atoms. The summed E-state index contributed by atoms with van der Waals surface area (Å²) < 4.78 is 66.6. The zero-order valence-corrected chi connectivity index (χ0v) is 15.7. The van der Waals surface area contributed by atoms with Crippen molar-refractivity contribution >= 4 is 28.5 Å². The molecule has 0 radical (unpaired) electrons. The Morgan fingerprint density at radius 1 is 1.10 bits per heavy atom. The van der Waals surface area contributed by atoms with Crippen LogP contribution in [0.2, 0.25) is 0 Å². The predicted molar refractivity (Wildman–Crippen MR) is 102 cm³/mol. The lowest BCUT2D eigenvalue weighted by Gasteiger charge is -2.08. The third-order valence-electron chi connectivity index (χ3n) is 3.84. The van der Waals surface area contributed by atoms with Crippen molar-refractivity contribution in [2.45, 2.75) is 13.1 Å². The highest BCUT2D eigenvalue weighted by Crippen LogP contribution is 2.37. The fourth-order valence-corrected chi connectivity index (χ4v) is 3.52. The van der Waals surface area contributed by atoms with Crippen molar-refractivity contribution in [2.75, 3.05) is 5.32 Å². The van der Waals surface area contributed by atoms with Gasteiger partial charge in [0, 0.05) is 0 Å². The summed E-state index contributed by atoms with van der Waals surface area (Å²) in [6.07, 6.45) is -1.32. The minimum absolute atomic E-state index is 0.00170. The van der Waals surface area contributed by atoms with Gasteiger partial charge in [-0.05, 0) is 42.8 Å². The zero-order chi connectivity index (χ0) is 21.2. The Hall–Kier alpha value is -3.07. The molecule has 0 saturated carbocycles. The number of carbonyl (C=O) groups excluding carboxylic acids is 1. The first-order valence-electron chi connectivity index (χ1n) is 8.27. The average Bonchev–Trinajstić information content (AvgIpc) is 3.03. The number of thiazole rings is 1. The number of nitrogens with one attached hydrogen (secondary N) is 1. The van der Waals surface area contributed by atoms with Crippen LogP contribution in [0.25, 0.3) is 16.5 Å². The molecule has 1 aromatic heterocycles. The van der Waals surface area contributed by atoms with Crippen LogP contribution < -0.4 is 5.32 Å². The molecule has 0 saturated heterocycles. The van der Waals surface area contributed by atoms with Crippen molar-refractivity contribution < 1.29 is 26.7 Å². The number of benzene rings is 2. The van der Waals surface area contributed by atoms with Crippen LogP contribution in [0, 0.1) is 11.6 Å². The third kappa shape index (κ3) is 4.51. The number of hydrogen-bond acceptors (Lipinski definition) is 3. The second-order valence-electron chi connectivity index (χ2n) is 5.86. The molecular weight excluding hydrogens is 411 g/mol. The van der Waals surface area contributed by atoms with Gasteiger partial charge in [0.2, 0.25) is 0 Å². The highest BCUT2D eigenvalue weighted by molar-refractivity contribution is 7.19. The van der Waals surface area contributed by atoms with Crippen LogP contribution >= 0.6 is 11.3 Å². The fourth-order valence-electron chi connectivity index (χ4n) is 2.57. The molecule has 1 amide bonds. The van der Waals surface area contributed by atoms with Gasteiger partial charge in [-0.25, -0.2) is 13.8 Å². The van der Waals surface area contributed by atoms with Gasteiger partial charge in [-0.2, -0.15) is 13.2 Å². The van der Waals surface area contributed by atoms with Crippen LogP contribution in [0.5, 0.6) is 0 Å². The molecule has 0 bridgehead atoms. The molecule has 0 spiro atoms. The van der Waals surface area contributed by atoms with Gasteiger partial charge in [0.15, 0.2) is 5.13 Å². The van der Waals surface area contributed by atoms with Crippen molar-refractivity contribution in [1.29, 1.82) is 0 Å². The van der Waals surface area contributed by atoms with Gasteiger partial charge in [-0.3, -0.25) is 10.1 Å². The molecule has 1 heterocycles. The van der Waals surface area contributed by atoms with Crippen LogP contribution in [-0.4, -0.2) is 10.9 Å². The Labute approximate surface area is 166 Å². The molecule has 0 aliphatic heterocycles. The van der Waals surface area contributed by atoms with Crippen LogP contribution in [0.3, 0.4) is 0 Å². The number of anilines is 1. The SMILES string of the molecule is CC=Cc1nc(NC(=O)c2c(F)cccc2F)sc1-c1cccc(C(F)(F)F)c1. The lowest BCUT2D eigenvalue weighted by Crippen LogP contribution is -2.15. The first-order chi connectivity index (χ1) is 13.7. The summed E-state index contributed by atoms with van der Waals surface area (Å²) in [5.74, 6) is -3.12. The van der Waals surface area contributed by atoms with E-state index in [2.05, 4.69) is 10.3 Å². The summed E-state index contributed by atoms with van der Waals surface area (Å²) in [7, 11) is 0. The minimum Gasteiger partial charge on any atom is -0.298 e. The van der Waals surface area contributed by atoms with E-state index in [1.165, 1.54) is 12.1 Å². The first kappa shape index (κ1) is 20.7. The first-order valence-corrected chi connectivity index (χ1v) is 9.09. The van der Waals surface area contributed by atoms with Gasteiger partial charge in [0.25, 0.3) is 5.91 Å². The number of aromatic nitrogens is 1. The lowest BCUT2D eigenvalue weighted by molar-refractivity contribution is -0.137. The molecule has 3 nitrogen and oxygen atoms in total. The second-order valence-corrected chi connectivity index (χ2v) is 6.86. The number of nitrogens with zero attached hydrogens (tertiary/aromatic N) is 1. The van der Waals surface area contributed by atoms with Crippen molar-refractivity contribution in [3.8, 4) is 10.4 Å². The third-order valence-corrected chi connectivity index (χ3v) is 4.88. The standard InChI is InChI=1S/C20H13F5N2OS/c1-2-5-15-17(11-6-3-7-12(10-11)20(23,24)25)29-19(26-15)27-18(28)16-13(21)8-4-9-14(16)22/h2-10H,1H3,(H,26,27,28). The number of amides is 1. The maximum Gasteiger partial charge on any atom is 0.416 e. The average molecular weight is 424 g/mol. The summed E-state index contributed by atoms with van der Waals surface area (Å²) in [4.78, 5) is 16.8. The Kier molecular flexibility index (Phi) is 5.78. The van der Waals surface area contributed by atoms with Gasteiger partial charge in [0.1, 0.15) is 17.2 Å². The van der Waals surface area contributed by atoms with Gasteiger partial charge < -0.3 is 0 Å². The van der Waals surface area contributed by atoms with Gasteiger partial charge in [0.05, 0.1) is 16.1 Å². The summed E-state index contributed by atoms with van der Waals surface area (Å²) in [6, 6.07) is 7.69. The van der Waals surface area contributed by atoms with E-state index in [1.807, 2.05) is 0 Å². The van der Waals surface area contributed by atoms with Crippen molar-refractivity contribution in [3.05, 3.63) is 77.0 Å². The molecule has 3 aromatic rings. The molecule has 0 aliphatic carbocycles. The van der Waals surface area contributed by atoms with Gasteiger partial charge >= 0.3 is 6.18 Å². The van der Waals surface area contributed by atoms with Crippen LogP contribution in [0.4, 0.5) is 27.1 Å². The van der Waals surface area contributed by atoms with E-state index >= 15 is 0 Å². The molecule has 0 unspecified atom stereocenters. The van der Waals surface area contributed by atoms with E-state index in [-0.39, 0.29) is 10.7 Å². The van der Waals surface area contributed by atoms with E-state index in [0.29, 0.717) is 10.6 Å². The predicted octanol–water partition coefficient (Wildman–Crippen LogP) is 6.39. The monoisotopic (exact) mass is 424 g/mol. The molecule has 150 valence electrons. The second kappa shape index (κ2) is 8.12. The van der Waals surface area contributed by atoms with E-state index in [0.717, 1.165) is 41.7 Å². The number of carbonyl (C=O) groups is 1. The van der Waals surface area contributed by atoms with E-state index < -0.39 is 34.8 Å². The number of allylic oxidation sites excluding steroid dienone is 1. The summed E-state index contributed by atoms with van der Waals surface area (Å²) in [6.45, 7) is 1.70. The molecule has 1 N–H and O–H groups in total. The van der Waals surface area contributed by atoms with E-state index in [1.54, 1.807) is 19.1 Å². The Balaban J connectivity index is 1.99. The quantitative estimate of drug-likeness (QED) is 0.493. The van der Waals surface area contributed by atoms with Crippen LogP contribution in [0.15, 0.2) is 48.5 Å². The van der Waals surface area contributed by atoms with Crippen LogP contribution in [-0.2, 0) is 6.18 Å². The summed E-state index contributed by atoms with van der Waals surface area (Å²) >= 11 is 0.900. The largest absolute Gasteiger partial charge is 0.416 e. The number of alkyl halides is 3. The normalized spacial score (nSPS) is 11.8. The molecular formula is C20H13F5N2OS. The Morgan fingerprint density at radius 2 is 1.76 bits per heavy atom. The molecule has 9 heteroatoms. The lowest BCUT2D eigenvalue weighted by atomic mass is 10.1. The minimum atomic E-state index is -4.51. The molecule has 0 atom stereocenters. The number of hydrogen-bond donors (Lipinski definition) is 1. The van der Waals surface area contributed by atoms with E-state index in [4.69, 9.17) is 0 Å². The molecule has 0 aliphatic rings. The van der Waals surface area contributed by atoms with E-state index in [9.17, 15) is 26.7 Å². The molecule has 0 fully saturated rings. The molecule has 3 rings (SSSR count). The van der Waals surface area contributed by atoms with Crippen molar-refractivity contribution in [2.24, 2.45) is 0 Å². The van der Waals surface area contributed by atoms with Crippen LogP contribution in [0.1, 0.15) is 28.5 Å². The molecule has 2 aromatic carbocycles. The smallest absolute Gasteiger partial charge is 0.298 e. The maximum absolute atomic E-state index is 13.8. The highest BCUT2D eigenvalue weighted by Gasteiger charge is 2.31. The maximum atomic E-state index is 13.8. The highest BCUT2D eigenvalue weighted by atomic mass is 32.1. The topological polar surface area (TPSA) is 42.0 Å². The number of halogens is 5. The van der Waals surface area contributed by atoms with Gasteiger partial charge in [-0.15, -0.1) is 0 Å². The number of rotatable bonds is 4. The zero-order valence-electron chi connectivity index (χ0n) is 14.8. The van der Waals surface area contributed by atoms with Crippen molar-refractivity contribution in [3.63, 3.8) is 0 Å².